The van der Waals surface area contributed by atoms with Crippen molar-refractivity contribution in [1.82, 2.24) is 29.9 Å². The molecule has 156 valence electrons. The molecule has 31 heavy (non-hydrogen) atoms. The molecule has 0 saturated heterocycles. The molecule has 0 spiro atoms. The second kappa shape index (κ2) is 7.90. The fourth-order valence-electron chi connectivity index (χ4n) is 3.34. The first-order valence-electron chi connectivity index (χ1n) is 9.50. The number of nitro groups is 1. The summed E-state index contributed by atoms with van der Waals surface area (Å²) in [4.78, 5) is 34.1. The second-order valence-electron chi connectivity index (χ2n) is 7.12. The van der Waals surface area contributed by atoms with Crippen LogP contribution in [0, 0.1) is 24.0 Å². The number of aryl methyl sites for hydroxylation is 1. The molecule has 0 fully saturated rings. The van der Waals surface area contributed by atoms with E-state index >= 15 is 0 Å². The molecule has 0 radical (unpaired) electrons. The fraction of sp³-hybridized carbons (Fsp3) is 0.190. The number of hydrogen-bond donors (Lipinski definition) is 0. The molecule has 4 rings (SSSR count). The quantitative estimate of drug-likeness (QED) is 0.361. The predicted octanol–water partition coefficient (Wildman–Crippen LogP) is 3.01. The standard InChI is InChI=1S/C21H19N7O3/c1-13-17-9-4-5-10-18(17)23-19(22-13)12-26(3)21(29)20-14(2)27(25-24-20)15-7-6-8-16(11-15)28(30)31/h4-11H,12H2,1-3H3. The molecular weight excluding hydrogens is 398 g/mol. The molecular formula is C21H19N7O3. The van der Waals surface area contributed by atoms with Crippen molar-refractivity contribution in [3.05, 3.63) is 81.6 Å². The van der Waals surface area contributed by atoms with Crippen molar-refractivity contribution < 1.29 is 9.72 Å². The Morgan fingerprint density at radius 1 is 1.13 bits per heavy atom. The van der Waals surface area contributed by atoms with Crippen LogP contribution in [0.1, 0.15) is 27.7 Å². The molecule has 4 aromatic rings. The van der Waals surface area contributed by atoms with E-state index < -0.39 is 4.92 Å². The van der Waals surface area contributed by atoms with Crippen molar-refractivity contribution in [1.29, 1.82) is 0 Å². The molecule has 10 heteroatoms. The molecule has 0 atom stereocenters. The zero-order valence-corrected chi connectivity index (χ0v) is 17.2. The van der Waals surface area contributed by atoms with Crippen LogP contribution in [0.25, 0.3) is 16.6 Å². The highest BCUT2D eigenvalue weighted by molar-refractivity contribution is 5.93. The van der Waals surface area contributed by atoms with E-state index in [9.17, 15) is 14.9 Å². The topological polar surface area (TPSA) is 120 Å². The molecule has 0 aliphatic rings. The predicted molar refractivity (Wildman–Crippen MR) is 113 cm³/mol. The summed E-state index contributed by atoms with van der Waals surface area (Å²) in [5.74, 6) is 0.180. The summed E-state index contributed by atoms with van der Waals surface area (Å²) in [6.45, 7) is 3.80. The molecule has 1 amide bonds. The third kappa shape index (κ3) is 3.82. The SMILES string of the molecule is Cc1nc(CN(C)C(=O)c2nnn(-c3cccc([N+](=O)[O-])c3)c2C)nc2ccccc12. The Kier molecular flexibility index (Phi) is 5.12. The minimum Gasteiger partial charge on any atom is -0.333 e. The number of carbonyl (C=O) groups excluding carboxylic acids is 1. The number of amides is 1. The van der Waals surface area contributed by atoms with Gasteiger partial charge in [0.05, 0.1) is 28.4 Å². The molecule has 0 aliphatic heterocycles. The van der Waals surface area contributed by atoms with E-state index in [1.54, 1.807) is 26.1 Å². The maximum absolute atomic E-state index is 13.0. The molecule has 0 aliphatic carbocycles. The van der Waals surface area contributed by atoms with E-state index in [1.165, 1.54) is 21.7 Å². The molecule has 2 heterocycles. The van der Waals surface area contributed by atoms with Gasteiger partial charge in [0.2, 0.25) is 0 Å². The van der Waals surface area contributed by atoms with Crippen LogP contribution in [-0.2, 0) is 6.54 Å². The largest absolute Gasteiger partial charge is 0.333 e. The lowest BCUT2D eigenvalue weighted by Gasteiger charge is -2.16. The van der Waals surface area contributed by atoms with Crippen LogP contribution in [0.2, 0.25) is 0 Å². The van der Waals surface area contributed by atoms with Crippen molar-refractivity contribution in [3.63, 3.8) is 0 Å². The highest BCUT2D eigenvalue weighted by atomic mass is 16.6. The Morgan fingerprint density at radius 2 is 1.90 bits per heavy atom. The highest BCUT2D eigenvalue weighted by Crippen LogP contribution is 2.20. The van der Waals surface area contributed by atoms with Crippen molar-refractivity contribution >= 4 is 22.5 Å². The number of carbonyl (C=O) groups is 1. The molecule has 10 nitrogen and oxygen atoms in total. The minimum atomic E-state index is -0.485. The number of nitro benzene ring substituents is 1. The number of nitrogens with zero attached hydrogens (tertiary/aromatic N) is 7. The van der Waals surface area contributed by atoms with Gasteiger partial charge in [-0.25, -0.2) is 14.6 Å². The first-order chi connectivity index (χ1) is 14.8. The van der Waals surface area contributed by atoms with Crippen LogP contribution >= 0.6 is 0 Å². The maximum Gasteiger partial charge on any atom is 0.276 e. The van der Waals surface area contributed by atoms with Crippen LogP contribution in [0.15, 0.2) is 48.5 Å². The number of para-hydroxylation sites is 1. The second-order valence-corrected chi connectivity index (χ2v) is 7.12. The highest BCUT2D eigenvalue weighted by Gasteiger charge is 2.22. The number of benzene rings is 2. The summed E-state index contributed by atoms with van der Waals surface area (Å²) in [6.07, 6.45) is 0. The molecule has 2 aromatic carbocycles. The van der Waals surface area contributed by atoms with Crippen molar-refractivity contribution in [3.8, 4) is 5.69 Å². The lowest BCUT2D eigenvalue weighted by Crippen LogP contribution is -2.28. The van der Waals surface area contributed by atoms with Crippen LogP contribution in [-0.4, -0.2) is 47.7 Å². The van der Waals surface area contributed by atoms with E-state index in [2.05, 4.69) is 20.3 Å². The van der Waals surface area contributed by atoms with Crippen LogP contribution < -0.4 is 0 Å². The van der Waals surface area contributed by atoms with Crippen molar-refractivity contribution in [2.45, 2.75) is 20.4 Å². The zero-order valence-electron chi connectivity index (χ0n) is 17.2. The number of aromatic nitrogens is 5. The van der Waals surface area contributed by atoms with Crippen LogP contribution in [0.5, 0.6) is 0 Å². The van der Waals surface area contributed by atoms with Gasteiger partial charge in [0.25, 0.3) is 11.6 Å². The third-order valence-electron chi connectivity index (χ3n) is 4.95. The van der Waals surface area contributed by atoms with Gasteiger partial charge in [-0.15, -0.1) is 5.10 Å². The summed E-state index contributed by atoms with van der Waals surface area (Å²) in [5.41, 5.74) is 2.68. The number of fused-ring (bicyclic) bond motifs is 1. The van der Waals surface area contributed by atoms with E-state index in [4.69, 9.17) is 0 Å². The Hall–Kier alpha value is -4.21. The first-order valence-corrected chi connectivity index (χ1v) is 9.50. The van der Waals surface area contributed by atoms with Gasteiger partial charge in [-0.2, -0.15) is 0 Å². The molecule has 0 unspecified atom stereocenters. The Balaban J connectivity index is 1.59. The smallest absolute Gasteiger partial charge is 0.276 e. The average molecular weight is 417 g/mol. The maximum atomic E-state index is 13.0. The van der Waals surface area contributed by atoms with Gasteiger partial charge in [0.1, 0.15) is 5.82 Å². The monoisotopic (exact) mass is 417 g/mol. The van der Waals surface area contributed by atoms with Crippen LogP contribution in [0.4, 0.5) is 5.69 Å². The molecule has 0 N–H and O–H groups in total. The Morgan fingerprint density at radius 3 is 2.68 bits per heavy atom. The van der Waals surface area contributed by atoms with E-state index in [0.717, 1.165) is 16.6 Å². The number of rotatable bonds is 5. The fourth-order valence-corrected chi connectivity index (χ4v) is 3.34. The van der Waals surface area contributed by atoms with E-state index in [0.29, 0.717) is 17.2 Å². The molecule has 2 aromatic heterocycles. The summed E-state index contributed by atoms with van der Waals surface area (Å²) >= 11 is 0. The molecule has 0 saturated carbocycles. The first kappa shape index (κ1) is 20.1. The van der Waals surface area contributed by atoms with Gasteiger partial charge in [-0.05, 0) is 26.0 Å². The van der Waals surface area contributed by atoms with Crippen LogP contribution in [0.3, 0.4) is 0 Å². The van der Waals surface area contributed by atoms with Crippen molar-refractivity contribution in [2.24, 2.45) is 0 Å². The summed E-state index contributed by atoms with van der Waals surface area (Å²) in [6, 6.07) is 13.7. The van der Waals surface area contributed by atoms with Gasteiger partial charge in [0.15, 0.2) is 5.69 Å². The summed E-state index contributed by atoms with van der Waals surface area (Å²) < 4.78 is 1.41. The Labute approximate surface area is 177 Å². The molecule has 0 bridgehead atoms. The number of non-ortho nitro benzene ring substituents is 1. The van der Waals surface area contributed by atoms with E-state index in [1.807, 2.05) is 31.2 Å². The summed E-state index contributed by atoms with van der Waals surface area (Å²) in [5, 5.41) is 20.0. The lowest BCUT2D eigenvalue weighted by molar-refractivity contribution is -0.384. The zero-order chi connectivity index (χ0) is 22.1. The minimum absolute atomic E-state index is 0.0683. The average Bonchev–Trinajstić information content (AvgIpc) is 3.14. The Bertz CT molecular complexity index is 1320. The van der Waals surface area contributed by atoms with Gasteiger partial charge in [-0.3, -0.25) is 14.9 Å². The normalized spacial score (nSPS) is 10.9. The van der Waals surface area contributed by atoms with Gasteiger partial charge >= 0.3 is 0 Å². The van der Waals surface area contributed by atoms with E-state index in [-0.39, 0.29) is 23.8 Å². The number of hydrogen-bond acceptors (Lipinski definition) is 7. The van der Waals surface area contributed by atoms with Gasteiger partial charge < -0.3 is 4.90 Å². The van der Waals surface area contributed by atoms with Gasteiger partial charge in [0, 0.05) is 30.3 Å². The lowest BCUT2D eigenvalue weighted by atomic mass is 10.2. The summed E-state index contributed by atoms with van der Waals surface area (Å²) in [7, 11) is 1.64. The van der Waals surface area contributed by atoms with Crippen molar-refractivity contribution in [2.75, 3.05) is 7.05 Å². The third-order valence-corrected chi connectivity index (χ3v) is 4.95. The van der Waals surface area contributed by atoms with Gasteiger partial charge in [-0.1, -0.05) is 29.5 Å².